The van der Waals surface area contributed by atoms with Crippen molar-refractivity contribution in [3.05, 3.63) is 0 Å². The Morgan fingerprint density at radius 2 is 1.96 bits per heavy atom. The highest BCUT2D eigenvalue weighted by Gasteiger charge is 2.34. The minimum absolute atomic E-state index is 0.0219. The zero-order valence-corrected chi connectivity index (χ0v) is 16.3. The average Bonchev–Trinajstić information content (AvgIpc) is 2.98. The first-order valence-electron chi connectivity index (χ1n) is 9.84. The highest BCUT2D eigenvalue weighted by atomic mass is 19.4. The highest BCUT2D eigenvalue weighted by molar-refractivity contribution is 5.80. The van der Waals surface area contributed by atoms with Gasteiger partial charge in [0.1, 0.15) is 0 Å². The molecule has 0 spiro atoms. The second-order valence-electron chi connectivity index (χ2n) is 7.80. The Labute approximate surface area is 155 Å². The van der Waals surface area contributed by atoms with Crippen LogP contribution in [0.1, 0.15) is 40.0 Å². The molecule has 2 rings (SSSR count). The van der Waals surface area contributed by atoms with Crippen LogP contribution in [0, 0.1) is 5.92 Å². The van der Waals surface area contributed by atoms with Crippen molar-refractivity contribution < 1.29 is 13.2 Å². The predicted octanol–water partition coefficient (Wildman–Crippen LogP) is 2.30. The maximum Gasteiger partial charge on any atom is 0.401 e. The van der Waals surface area contributed by atoms with Crippen molar-refractivity contribution in [2.24, 2.45) is 10.9 Å². The Kier molecular flexibility index (Phi) is 8.01. The molecule has 0 amide bonds. The Morgan fingerprint density at radius 3 is 2.62 bits per heavy atom. The van der Waals surface area contributed by atoms with E-state index in [0.717, 1.165) is 32.1 Å². The van der Waals surface area contributed by atoms with Gasteiger partial charge >= 0.3 is 6.18 Å². The maximum atomic E-state index is 12.5. The summed E-state index contributed by atoms with van der Waals surface area (Å²) in [6.07, 6.45) is -1.02. The molecule has 2 aliphatic rings. The van der Waals surface area contributed by atoms with Gasteiger partial charge in [-0.15, -0.1) is 0 Å². The number of likely N-dealkylation sites (tertiary alicyclic amines) is 2. The molecule has 0 aromatic rings. The van der Waals surface area contributed by atoms with Crippen molar-refractivity contribution in [2.45, 2.75) is 58.3 Å². The summed E-state index contributed by atoms with van der Waals surface area (Å²) < 4.78 is 37.6. The van der Waals surface area contributed by atoms with Gasteiger partial charge in [-0.05, 0) is 52.5 Å². The number of aliphatic imine (C=N–C) groups is 1. The van der Waals surface area contributed by atoms with E-state index in [-0.39, 0.29) is 6.04 Å². The van der Waals surface area contributed by atoms with Gasteiger partial charge in [0.05, 0.1) is 6.54 Å². The van der Waals surface area contributed by atoms with E-state index in [2.05, 4.69) is 29.4 Å². The molecule has 2 aliphatic heterocycles. The van der Waals surface area contributed by atoms with Crippen LogP contribution in [-0.4, -0.2) is 79.8 Å². The summed E-state index contributed by atoms with van der Waals surface area (Å²) in [6, 6.07) is 0.583. The number of hydrogen-bond acceptors (Lipinski definition) is 3. The first-order valence-corrected chi connectivity index (χ1v) is 9.84. The van der Waals surface area contributed by atoms with Crippen LogP contribution < -0.4 is 10.6 Å². The van der Waals surface area contributed by atoms with E-state index in [1.165, 1.54) is 17.7 Å². The second kappa shape index (κ2) is 9.78. The maximum absolute atomic E-state index is 12.5. The van der Waals surface area contributed by atoms with Crippen LogP contribution in [0.5, 0.6) is 0 Å². The van der Waals surface area contributed by atoms with E-state index in [1.807, 2.05) is 6.92 Å². The smallest absolute Gasteiger partial charge is 0.357 e. The quantitative estimate of drug-likeness (QED) is 0.551. The normalized spacial score (nSPS) is 26.5. The topological polar surface area (TPSA) is 42.9 Å². The molecule has 2 unspecified atom stereocenters. The molecule has 0 saturated carbocycles. The number of alkyl halides is 3. The Bertz CT molecular complexity index is 453. The molecule has 2 N–H and O–H groups in total. The number of hydrogen-bond donors (Lipinski definition) is 2. The van der Waals surface area contributed by atoms with Gasteiger partial charge < -0.3 is 15.5 Å². The van der Waals surface area contributed by atoms with Gasteiger partial charge in [0.25, 0.3) is 0 Å². The third-order valence-electron chi connectivity index (χ3n) is 5.15. The molecule has 0 aromatic carbocycles. The van der Waals surface area contributed by atoms with Crippen LogP contribution in [0.2, 0.25) is 0 Å². The summed E-state index contributed by atoms with van der Waals surface area (Å²) in [6.45, 7) is 10.3. The van der Waals surface area contributed by atoms with Gasteiger partial charge in [-0.25, -0.2) is 0 Å². The molecule has 2 fully saturated rings. The molecule has 2 atom stereocenters. The van der Waals surface area contributed by atoms with Gasteiger partial charge in [0.15, 0.2) is 5.96 Å². The van der Waals surface area contributed by atoms with Crippen LogP contribution in [0.3, 0.4) is 0 Å². The number of piperidine rings is 1. The summed E-state index contributed by atoms with van der Waals surface area (Å²) in [5.41, 5.74) is 0. The fraction of sp³-hybridized carbons (Fsp3) is 0.944. The van der Waals surface area contributed by atoms with Gasteiger partial charge in [0, 0.05) is 44.8 Å². The molecule has 0 aliphatic carbocycles. The number of nitrogens with one attached hydrogen (secondary N) is 2. The fourth-order valence-corrected chi connectivity index (χ4v) is 3.80. The lowest BCUT2D eigenvalue weighted by Gasteiger charge is -2.35. The predicted molar refractivity (Wildman–Crippen MR) is 99.4 cm³/mol. The third kappa shape index (κ3) is 7.31. The Hall–Kier alpha value is -1.02. The molecule has 2 heterocycles. The third-order valence-corrected chi connectivity index (χ3v) is 5.15. The number of halogens is 3. The minimum Gasteiger partial charge on any atom is -0.357 e. The van der Waals surface area contributed by atoms with Crippen molar-refractivity contribution in [1.82, 2.24) is 20.4 Å². The summed E-state index contributed by atoms with van der Waals surface area (Å²) in [5, 5.41) is 6.55. The van der Waals surface area contributed by atoms with Crippen LogP contribution in [0.4, 0.5) is 13.2 Å². The van der Waals surface area contributed by atoms with Gasteiger partial charge in [-0.1, -0.05) is 0 Å². The lowest BCUT2D eigenvalue weighted by Crippen LogP contribution is -2.46. The zero-order valence-electron chi connectivity index (χ0n) is 16.3. The number of nitrogens with zero attached hydrogens (tertiary/aromatic N) is 3. The molecule has 0 radical (unpaired) electrons. The van der Waals surface area contributed by atoms with E-state index in [4.69, 9.17) is 4.99 Å². The molecule has 5 nitrogen and oxygen atoms in total. The Balaban J connectivity index is 1.83. The molecule has 0 aromatic heterocycles. The average molecular weight is 377 g/mol. The first-order chi connectivity index (χ1) is 12.3. The van der Waals surface area contributed by atoms with Crippen molar-refractivity contribution in [1.29, 1.82) is 0 Å². The number of guanidine groups is 1. The minimum atomic E-state index is -4.13. The summed E-state index contributed by atoms with van der Waals surface area (Å²) in [7, 11) is 0. The second-order valence-corrected chi connectivity index (χ2v) is 7.80. The molecule has 2 saturated heterocycles. The van der Waals surface area contributed by atoms with Crippen LogP contribution in [-0.2, 0) is 0 Å². The van der Waals surface area contributed by atoms with E-state index in [9.17, 15) is 13.2 Å². The lowest BCUT2D eigenvalue weighted by atomic mass is 9.97. The molecule has 26 heavy (non-hydrogen) atoms. The van der Waals surface area contributed by atoms with Gasteiger partial charge in [-0.3, -0.25) is 9.89 Å². The standard InChI is InChI=1S/C18H34F3N5/c1-4-22-17(23-10-15-6-5-8-26(11-15)14(2)3)24-16-7-9-25(12-16)13-18(19,20)21/h14-16H,4-13H2,1-3H3,(H2,22,23,24). The summed E-state index contributed by atoms with van der Waals surface area (Å²) in [5.74, 6) is 1.28. The SMILES string of the molecule is CCNC(=NCC1CCCN(C(C)C)C1)NC1CCN(CC(F)(F)F)C1. The van der Waals surface area contributed by atoms with Crippen LogP contribution in [0.25, 0.3) is 0 Å². The van der Waals surface area contributed by atoms with Crippen molar-refractivity contribution >= 4 is 5.96 Å². The molecular weight excluding hydrogens is 343 g/mol. The van der Waals surface area contributed by atoms with E-state index in [1.54, 1.807) is 0 Å². The van der Waals surface area contributed by atoms with Crippen LogP contribution >= 0.6 is 0 Å². The molecule has 152 valence electrons. The molecular formula is C18H34F3N5. The number of rotatable bonds is 6. The molecule has 8 heteroatoms. The van der Waals surface area contributed by atoms with E-state index < -0.39 is 12.7 Å². The zero-order chi connectivity index (χ0) is 19.2. The first kappa shape index (κ1) is 21.3. The van der Waals surface area contributed by atoms with Crippen molar-refractivity contribution in [2.75, 3.05) is 45.8 Å². The molecule has 0 bridgehead atoms. The monoisotopic (exact) mass is 377 g/mol. The van der Waals surface area contributed by atoms with Crippen molar-refractivity contribution in [3.8, 4) is 0 Å². The van der Waals surface area contributed by atoms with Crippen molar-refractivity contribution in [3.63, 3.8) is 0 Å². The van der Waals surface area contributed by atoms with E-state index >= 15 is 0 Å². The van der Waals surface area contributed by atoms with Gasteiger partial charge in [-0.2, -0.15) is 13.2 Å². The highest BCUT2D eigenvalue weighted by Crippen LogP contribution is 2.20. The largest absolute Gasteiger partial charge is 0.401 e. The fourth-order valence-electron chi connectivity index (χ4n) is 3.80. The summed E-state index contributed by atoms with van der Waals surface area (Å²) in [4.78, 5) is 8.68. The lowest BCUT2D eigenvalue weighted by molar-refractivity contribution is -0.143. The van der Waals surface area contributed by atoms with Gasteiger partial charge in [0.2, 0.25) is 0 Å². The van der Waals surface area contributed by atoms with Crippen LogP contribution in [0.15, 0.2) is 4.99 Å². The Morgan fingerprint density at radius 1 is 1.19 bits per heavy atom. The van der Waals surface area contributed by atoms with E-state index in [0.29, 0.717) is 31.5 Å². The summed E-state index contributed by atoms with van der Waals surface area (Å²) >= 11 is 0.